The lowest BCUT2D eigenvalue weighted by Crippen LogP contribution is -2.20. The Hall–Kier alpha value is -2.71. The van der Waals surface area contributed by atoms with Gasteiger partial charge in [0.25, 0.3) is 0 Å². The SMILES string of the molecule is C#Cc1cccc(NC(=O)Cn2c(CSC)nc3ccccc32)c1. The third kappa shape index (κ3) is 3.44. The molecule has 1 N–H and O–H groups in total. The maximum atomic E-state index is 12.5. The lowest BCUT2D eigenvalue weighted by molar-refractivity contribution is -0.116. The molecular formula is C19H17N3OS. The van der Waals surface area contributed by atoms with Crippen molar-refractivity contribution >= 4 is 34.4 Å². The maximum Gasteiger partial charge on any atom is 0.244 e. The molecule has 0 radical (unpaired) electrons. The number of fused-ring (bicyclic) bond motifs is 1. The molecule has 3 aromatic rings. The molecule has 0 saturated heterocycles. The summed E-state index contributed by atoms with van der Waals surface area (Å²) in [5.41, 5.74) is 3.31. The fourth-order valence-corrected chi connectivity index (χ4v) is 3.05. The zero-order valence-corrected chi connectivity index (χ0v) is 14.1. The normalized spacial score (nSPS) is 10.5. The molecule has 0 atom stereocenters. The van der Waals surface area contributed by atoms with Gasteiger partial charge in [-0.2, -0.15) is 11.8 Å². The van der Waals surface area contributed by atoms with Crippen molar-refractivity contribution in [3.8, 4) is 12.3 Å². The molecule has 0 aliphatic rings. The lowest BCUT2D eigenvalue weighted by Gasteiger charge is -2.10. The first-order chi connectivity index (χ1) is 11.7. The van der Waals surface area contributed by atoms with Gasteiger partial charge in [-0.25, -0.2) is 4.98 Å². The summed E-state index contributed by atoms with van der Waals surface area (Å²) in [7, 11) is 0. The molecule has 120 valence electrons. The topological polar surface area (TPSA) is 46.9 Å². The third-order valence-corrected chi connectivity index (χ3v) is 4.17. The van der Waals surface area contributed by atoms with Crippen LogP contribution < -0.4 is 5.32 Å². The standard InChI is InChI=1S/C19H17N3OS/c1-3-14-7-6-8-15(11-14)20-19(23)12-22-17-10-5-4-9-16(17)21-18(22)13-24-2/h1,4-11H,12-13H2,2H3,(H,20,23). The Kier molecular flexibility index (Phi) is 4.88. The molecule has 0 fully saturated rings. The van der Waals surface area contributed by atoms with E-state index in [1.54, 1.807) is 17.8 Å². The quantitative estimate of drug-likeness (QED) is 0.726. The van der Waals surface area contributed by atoms with Crippen molar-refractivity contribution in [1.29, 1.82) is 0 Å². The first kappa shape index (κ1) is 16.2. The van der Waals surface area contributed by atoms with Crippen LogP contribution in [0.3, 0.4) is 0 Å². The number of aromatic nitrogens is 2. The smallest absolute Gasteiger partial charge is 0.244 e. The first-order valence-corrected chi connectivity index (χ1v) is 8.90. The average Bonchev–Trinajstić information content (AvgIpc) is 2.93. The van der Waals surface area contributed by atoms with Crippen LogP contribution in [0.4, 0.5) is 5.69 Å². The molecule has 0 saturated carbocycles. The van der Waals surface area contributed by atoms with Gasteiger partial charge < -0.3 is 9.88 Å². The highest BCUT2D eigenvalue weighted by molar-refractivity contribution is 7.97. The fourth-order valence-electron chi connectivity index (χ4n) is 2.57. The summed E-state index contributed by atoms with van der Waals surface area (Å²) in [5, 5.41) is 2.90. The van der Waals surface area contributed by atoms with Crippen LogP contribution >= 0.6 is 11.8 Å². The van der Waals surface area contributed by atoms with Crippen molar-refractivity contribution in [3.63, 3.8) is 0 Å². The minimum absolute atomic E-state index is 0.102. The number of imidazole rings is 1. The zero-order valence-electron chi connectivity index (χ0n) is 13.3. The predicted octanol–water partition coefficient (Wildman–Crippen LogP) is 3.52. The second-order valence-electron chi connectivity index (χ2n) is 5.31. The molecule has 0 bridgehead atoms. The Balaban J connectivity index is 1.84. The summed E-state index contributed by atoms with van der Waals surface area (Å²) in [5.74, 6) is 4.12. The van der Waals surface area contributed by atoms with Crippen molar-refractivity contribution < 1.29 is 4.79 Å². The van der Waals surface area contributed by atoms with Gasteiger partial charge in [-0.15, -0.1) is 6.42 Å². The van der Waals surface area contributed by atoms with E-state index in [2.05, 4.69) is 16.2 Å². The third-order valence-electron chi connectivity index (χ3n) is 3.62. The van der Waals surface area contributed by atoms with Crippen molar-refractivity contribution in [1.82, 2.24) is 9.55 Å². The molecule has 1 heterocycles. The number of hydrogen-bond acceptors (Lipinski definition) is 3. The molecular weight excluding hydrogens is 318 g/mol. The van der Waals surface area contributed by atoms with Crippen LogP contribution in [0, 0.1) is 12.3 Å². The number of thioether (sulfide) groups is 1. The molecule has 0 spiro atoms. The molecule has 24 heavy (non-hydrogen) atoms. The number of rotatable bonds is 5. The van der Waals surface area contributed by atoms with Crippen molar-refractivity contribution in [2.75, 3.05) is 11.6 Å². The van der Waals surface area contributed by atoms with Gasteiger partial charge in [0.2, 0.25) is 5.91 Å². The second kappa shape index (κ2) is 7.24. The number of anilines is 1. The highest BCUT2D eigenvalue weighted by atomic mass is 32.2. The number of para-hydroxylation sites is 2. The molecule has 5 heteroatoms. The largest absolute Gasteiger partial charge is 0.324 e. The summed E-state index contributed by atoms with van der Waals surface area (Å²) in [4.78, 5) is 17.1. The lowest BCUT2D eigenvalue weighted by atomic mass is 10.2. The Labute approximate surface area is 145 Å². The van der Waals surface area contributed by atoms with E-state index in [-0.39, 0.29) is 12.5 Å². The van der Waals surface area contributed by atoms with Gasteiger partial charge in [0.1, 0.15) is 12.4 Å². The second-order valence-corrected chi connectivity index (χ2v) is 6.18. The summed E-state index contributed by atoms with van der Waals surface area (Å²) >= 11 is 1.68. The van der Waals surface area contributed by atoms with Gasteiger partial charge in [0, 0.05) is 11.3 Å². The Morgan fingerprint density at radius 2 is 2.12 bits per heavy atom. The summed E-state index contributed by atoms with van der Waals surface area (Å²) < 4.78 is 1.96. The highest BCUT2D eigenvalue weighted by Gasteiger charge is 2.13. The fraction of sp³-hybridized carbons (Fsp3) is 0.158. The molecule has 1 aromatic heterocycles. The number of carbonyl (C=O) groups is 1. The van der Waals surface area contributed by atoms with Crippen molar-refractivity contribution in [2.45, 2.75) is 12.3 Å². The van der Waals surface area contributed by atoms with Gasteiger partial charge >= 0.3 is 0 Å². The van der Waals surface area contributed by atoms with Crippen LogP contribution in [0.2, 0.25) is 0 Å². The van der Waals surface area contributed by atoms with Crippen molar-refractivity contribution in [3.05, 3.63) is 59.9 Å². The van der Waals surface area contributed by atoms with Gasteiger partial charge in [-0.1, -0.05) is 24.1 Å². The van der Waals surface area contributed by atoms with Gasteiger partial charge in [-0.3, -0.25) is 4.79 Å². The molecule has 0 aliphatic heterocycles. The maximum absolute atomic E-state index is 12.5. The number of nitrogens with one attached hydrogen (secondary N) is 1. The van der Waals surface area contributed by atoms with Gasteiger partial charge in [-0.05, 0) is 36.6 Å². The average molecular weight is 335 g/mol. The van der Waals surface area contributed by atoms with E-state index >= 15 is 0 Å². The number of hydrogen-bond donors (Lipinski definition) is 1. The predicted molar refractivity (Wildman–Crippen MR) is 100.0 cm³/mol. The van der Waals surface area contributed by atoms with E-state index in [0.29, 0.717) is 5.69 Å². The van der Waals surface area contributed by atoms with Crippen LogP contribution in [-0.2, 0) is 17.1 Å². The molecule has 4 nitrogen and oxygen atoms in total. The summed E-state index contributed by atoms with van der Waals surface area (Å²) in [6.07, 6.45) is 7.42. The van der Waals surface area contributed by atoms with E-state index < -0.39 is 0 Å². The van der Waals surface area contributed by atoms with Crippen molar-refractivity contribution in [2.24, 2.45) is 0 Å². The van der Waals surface area contributed by atoms with Crippen LogP contribution in [0.5, 0.6) is 0 Å². The van der Waals surface area contributed by atoms with E-state index in [1.807, 2.05) is 53.3 Å². The van der Waals surface area contributed by atoms with E-state index in [4.69, 9.17) is 6.42 Å². The van der Waals surface area contributed by atoms with Crippen LogP contribution in [0.1, 0.15) is 11.4 Å². The number of carbonyl (C=O) groups excluding carboxylic acids is 1. The molecule has 1 amide bonds. The van der Waals surface area contributed by atoms with E-state index in [1.165, 1.54) is 0 Å². The van der Waals surface area contributed by atoms with Crippen LogP contribution in [0.25, 0.3) is 11.0 Å². The Morgan fingerprint density at radius 3 is 2.92 bits per heavy atom. The van der Waals surface area contributed by atoms with Gasteiger partial charge in [0.15, 0.2) is 0 Å². The summed E-state index contributed by atoms with van der Waals surface area (Å²) in [6, 6.07) is 15.1. The number of amides is 1. The minimum atomic E-state index is -0.102. The van der Waals surface area contributed by atoms with E-state index in [0.717, 1.165) is 28.2 Å². The van der Waals surface area contributed by atoms with Gasteiger partial charge in [0.05, 0.1) is 16.8 Å². The monoisotopic (exact) mass is 335 g/mol. The minimum Gasteiger partial charge on any atom is -0.324 e. The molecule has 2 aromatic carbocycles. The number of benzene rings is 2. The number of nitrogens with zero attached hydrogens (tertiary/aromatic N) is 2. The summed E-state index contributed by atoms with van der Waals surface area (Å²) in [6.45, 7) is 0.219. The first-order valence-electron chi connectivity index (χ1n) is 7.51. The van der Waals surface area contributed by atoms with E-state index in [9.17, 15) is 4.79 Å². The highest BCUT2D eigenvalue weighted by Crippen LogP contribution is 2.19. The Bertz CT molecular complexity index is 924. The molecule has 0 aliphatic carbocycles. The van der Waals surface area contributed by atoms with Crippen LogP contribution in [-0.4, -0.2) is 21.7 Å². The zero-order chi connectivity index (χ0) is 16.9. The molecule has 0 unspecified atom stereocenters. The number of terminal acetylenes is 1. The Morgan fingerprint density at radius 1 is 1.29 bits per heavy atom. The molecule has 3 rings (SSSR count). The van der Waals surface area contributed by atoms with Crippen LogP contribution in [0.15, 0.2) is 48.5 Å².